The summed E-state index contributed by atoms with van der Waals surface area (Å²) in [5.41, 5.74) is 2.46. The van der Waals surface area contributed by atoms with Crippen LogP contribution in [0.1, 0.15) is 35.2 Å². The second-order valence-corrected chi connectivity index (χ2v) is 10.2. The summed E-state index contributed by atoms with van der Waals surface area (Å²) in [6, 6.07) is 6.70. The third kappa shape index (κ3) is 3.90. The predicted octanol–water partition coefficient (Wildman–Crippen LogP) is 3.43. The Bertz CT molecular complexity index is 1120. The average molecular weight is 417 g/mol. The zero-order chi connectivity index (χ0) is 19.9. The molecule has 28 heavy (non-hydrogen) atoms. The fourth-order valence-electron chi connectivity index (χ4n) is 3.75. The minimum Gasteiger partial charge on any atom is -0.369 e. The summed E-state index contributed by atoms with van der Waals surface area (Å²) in [7, 11) is -3.65. The van der Waals surface area contributed by atoms with Gasteiger partial charge in [-0.15, -0.1) is 11.3 Å². The van der Waals surface area contributed by atoms with Gasteiger partial charge in [0.05, 0.1) is 10.3 Å². The van der Waals surface area contributed by atoms with Crippen LogP contribution in [0.3, 0.4) is 0 Å². The molecule has 0 unspecified atom stereocenters. The van der Waals surface area contributed by atoms with Crippen LogP contribution in [-0.2, 0) is 29.3 Å². The Kier molecular flexibility index (Phi) is 5.11. The number of nitrogens with one attached hydrogen (secondary N) is 1. The van der Waals surface area contributed by atoms with Gasteiger partial charge in [0.1, 0.15) is 16.5 Å². The standard InChI is InChI=1S/C20H24N4O2S2/c1-12-3-8-16-17(11-12)27-20-18(16)19(23-13(2)24-20)22-10-9-14-4-6-15(7-5-14)28(21,25)26/h4-7,12H,3,8-11H2,1-2H3,(H2,21,25,26)(H,22,23,24)/t12-/m0/s1. The summed E-state index contributed by atoms with van der Waals surface area (Å²) in [6.45, 7) is 4.95. The number of benzene rings is 1. The van der Waals surface area contributed by atoms with E-state index in [2.05, 4.69) is 22.2 Å². The molecule has 1 aromatic carbocycles. The van der Waals surface area contributed by atoms with Gasteiger partial charge in [0, 0.05) is 11.4 Å². The molecule has 6 nitrogen and oxygen atoms in total. The number of aromatic nitrogens is 2. The SMILES string of the molecule is Cc1nc(NCCc2ccc(S(N)(=O)=O)cc2)c2c3c(sc2n1)C[C@@H](C)CC3. The number of thiophene rings is 1. The molecular weight excluding hydrogens is 392 g/mol. The average Bonchev–Trinajstić information content (AvgIpc) is 2.98. The Hall–Kier alpha value is -2.03. The van der Waals surface area contributed by atoms with Crippen LogP contribution in [0.15, 0.2) is 29.2 Å². The zero-order valence-electron chi connectivity index (χ0n) is 16.0. The zero-order valence-corrected chi connectivity index (χ0v) is 17.7. The van der Waals surface area contributed by atoms with E-state index in [1.165, 1.54) is 22.2 Å². The maximum atomic E-state index is 11.4. The number of nitrogens with zero attached hydrogens (tertiary/aromatic N) is 2. The molecule has 3 N–H and O–H groups in total. The second kappa shape index (κ2) is 7.42. The first-order valence-corrected chi connectivity index (χ1v) is 11.8. The van der Waals surface area contributed by atoms with Crippen molar-refractivity contribution in [2.75, 3.05) is 11.9 Å². The van der Waals surface area contributed by atoms with Crippen molar-refractivity contribution < 1.29 is 8.42 Å². The van der Waals surface area contributed by atoms with E-state index in [-0.39, 0.29) is 4.90 Å². The highest BCUT2D eigenvalue weighted by molar-refractivity contribution is 7.89. The van der Waals surface area contributed by atoms with Crippen LogP contribution in [0.25, 0.3) is 10.2 Å². The summed E-state index contributed by atoms with van der Waals surface area (Å²) in [4.78, 5) is 12.0. The van der Waals surface area contributed by atoms with Crippen molar-refractivity contribution in [3.8, 4) is 0 Å². The maximum Gasteiger partial charge on any atom is 0.238 e. The lowest BCUT2D eigenvalue weighted by Crippen LogP contribution is -2.12. The molecule has 2 heterocycles. The topological polar surface area (TPSA) is 98.0 Å². The number of primary sulfonamides is 1. The van der Waals surface area contributed by atoms with E-state index >= 15 is 0 Å². The Morgan fingerprint density at radius 1 is 1.25 bits per heavy atom. The Balaban J connectivity index is 1.53. The smallest absolute Gasteiger partial charge is 0.238 e. The molecule has 2 aromatic heterocycles. The van der Waals surface area contributed by atoms with Gasteiger partial charge in [0.2, 0.25) is 10.0 Å². The van der Waals surface area contributed by atoms with Crippen LogP contribution in [0.5, 0.6) is 0 Å². The highest BCUT2D eigenvalue weighted by Gasteiger charge is 2.23. The van der Waals surface area contributed by atoms with Crippen molar-refractivity contribution in [3.63, 3.8) is 0 Å². The van der Waals surface area contributed by atoms with Crippen LogP contribution in [-0.4, -0.2) is 24.9 Å². The van der Waals surface area contributed by atoms with Gasteiger partial charge in [-0.25, -0.2) is 23.5 Å². The highest BCUT2D eigenvalue weighted by atomic mass is 32.2. The Morgan fingerprint density at radius 3 is 2.71 bits per heavy atom. The number of aryl methyl sites for hydroxylation is 2. The number of anilines is 1. The van der Waals surface area contributed by atoms with Crippen LogP contribution in [0.4, 0.5) is 5.82 Å². The lowest BCUT2D eigenvalue weighted by Gasteiger charge is -2.18. The number of fused-ring (bicyclic) bond motifs is 3. The molecule has 1 aliphatic carbocycles. The summed E-state index contributed by atoms with van der Waals surface area (Å²) < 4.78 is 22.7. The van der Waals surface area contributed by atoms with Crippen molar-refractivity contribution in [1.82, 2.24) is 9.97 Å². The quantitative estimate of drug-likeness (QED) is 0.664. The summed E-state index contributed by atoms with van der Waals surface area (Å²) >= 11 is 1.81. The van der Waals surface area contributed by atoms with Gasteiger partial charge in [-0.2, -0.15) is 0 Å². The molecule has 3 aromatic rings. The molecule has 0 spiro atoms. The number of nitrogens with two attached hydrogens (primary N) is 1. The van der Waals surface area contributed by atoms with Crippen molar-refractivity contribution in [3.05, 3.63) is 46.1 Å². The molecule has 8 heteroatoms. The van der Waals surface area contributed by atoms with Gasteiger partial charge >= 0.3 is 0 Å². The van der Waals surface area contributed by atoms with E-state index in [0.29, 0.717) is 6.54 Å². The molecular formula is C20H24N4O2S2. The third-order valence-electron chi connectivity index (χ3n) is 5.22. The van der Waals surface area contributed by atoms with Crippen LogP contribution in [0.2, 0.25) is 0 Å². The number of rotatable bonds is 5. The first-order valence-electron chi connectivity index (χ1n) is 9.46. The van der Waals surface area contributed by atoms with Crippen molar-refractivity contribution in [2.24, 2.45) is 11.1 Å². The van der Waals surface area contributed by atoms with Gasteiger partial charge in [0.15, 0.2) is 0 Å². The fraction of sp³-hybridized carbons (Fsp3) is 0.400. The molecule has 4 rings (SSSR count). The van der Waals surface area contributed by atoms with Gasteiger partial charge in [-0.1, -0.05) is 19.1 Å². The van der Waals surface area contributed by atoms with E-state index in [9.17, 15) is 8.42 Å². The summed E-state index contributed by atoms with van der Waals surface area (Å²) in [6.07, 6.45) is 4.19. The van der Waals surface area contributed by atoms with Crippen LogP contribution >= 0.6 is 11.3 Å². The Morgan fingerprint density at radius 2 is 2.00 bits per heavy atom. The monoisotopic (exact) mass is 416 g/mol. The third-order valence-corrected chi connectivity index (χ3v) is 7.30. The van der Waals surface area contributed by atoms with Crippen LogP contribution < -0.4 is 10.5 Å². The fourth-order valence-corrected chi connectivity index (χ4v) is 5.69. The molecule has 0 radical (unpaired) electrons. The largest absolute Gasteiger partial charge is 0.369 e. The van der Waals surface area contributed by atoms with E-state index < -0.39 is 10.0 Å². The van der Waals surface area contributed by atoms with Gasteiger partial charge in [-0.05, 0) is 61.8 Å². The molecule has 148 valence electrons. The second-order valence-electron chi connectivity index (χ2n) is 7.52. The van der Waals surface area contributed by atoms with Crippen molar-refractivity contribution in [1.29, 1.82) is 0 Å². The molecule has 0 aliphatic heterocycles. The number of hydrogen-bond acceptors (Lipinski definition) is 6. The molecule has 0 saturated carbocycles. The van der Waals surface area contributed by atoms with Crippen molar-refractivity contribution >= 4 is 37.4 Å². The maximum absolute atomic E-state index is 11.4. The van der Waals surface area contributed by atoms with Gasteiger partial charge in [0.25, 0.3) is 0 Å². The van der Waals surface area contributed by atoms with Crippen molar-refractivity contribution in [2.45, 2.75) is 44.4 Å². The summed E-state index contributed by atoms with van der Waals surface area (Å²) in [5.74, 6) is 2.42. The lowest BCUT2D eigenvalue weighted by molar-refractivity contribution is 0.509. The summed E-state index contributed by atoms with van der Waals surface area (Å²) in [5, 5.41) is 9.82. The van der Waals surface area contributed by atoms with E-state index in [0.717, 1.165) is 47.2 Å². The van der Waals surface area contributed by atoms with Gasteiger partial charge in [-0.3, -0.25) is 0 Å². The van der Waals surface area contributed by atoms with E-state index in [4.69, 9.17) is 5.14 Å². The molecule has 0 fully saturated rings. The first kappa shape index (κ1) is 19.3. The minimum atomic E-state index is -3.65. The lowest BCUT2D eigenvalue weighted by atomic mass is 9.89. The highest BCUT2D eigenvalue weighted by Crippen LogP contribution is 2.39. The Labute approximate surface area is 169 Å². The normalized spacial score (nSPS) is 16.9. The van der Waals surface area contributed by atoms with E-state index in [1.54, 1.807) is 35.6 Å². The molecule has 0 bridgehead atoms. The first-order chi connectivity index (χ1) is 13.3. The predicted molar refractivity (Wildman–Crippen MR) is 113 cm³/mol. The number of sulfonamides is 1. The minimum absolute atomic E-state index is 0.136. The molecule has 1 aliphatic rings. The molecule has 0 saturated heterocycles. The molecule has 0 amide bonds. The van der Waals surface area contributed by atoms with E-state index in [1.807, 2.05) is 6.92 Å². The van der Waals surface area contributed by atoms with Gasteiger partial charge < -0.3 is 5.32 Å². The molecule has 1 atom stereocenters. The number of hydrogen-bond donors (Lipinski definition) is 2. The van der Waals surface area contributed by atoms with Crippen LogP contribution in [0, 0.1) is 12.8 Å².